The molecule has 0 unspecified atom stereocenters. The van der Waals surface area contributed by atoms with Crippen molar-refractivity contribution in [1.82, 2.24) is 24.1 Å². The maximum Gasteiger partial charge on any atom is 0.238 e. The summed E-state index contributed by atoms with van der Waals surface area (Å²) in [4.78, 5) is 14.7. The molecule has 0 aliphatic rings. The van der Waals surface area contributed by atoms with Gasteiger partial charge >= 0.3 is 0 Å². The second-order valence-electron chi connectivity index (χ2n) is 11.1. The van der Waals surface area contributed by atoms with E-state index in [0.717, 1.165) is 16.7 Å². The Hall–Kier alpha value is -6.07. The highest BCUT2D eigenvalue weighted by Crippen LogP contribution is 2.37. The molecule has 0 amide bonds. The van der Waals surface area contributed by atoms with Crippen LogP contribution < -0.4 is 0 Å². The van der Waals surface area contributed by atoms with E-state index < -0.39 is 96.7 Å². The normalized spacial score (nSPS) is 16.5. The number of aryl methyl sites for hydroxylation is 3. The van der Waals surface area contributed by atoms with E-state index in [1.807, 2.05) is 32.9 Å². The highest BCUT2D eigenvalue weighted by atomic mass is 15.2. The summed E-state index contributed by atoms with van der Waals surface area (Å²) in [5, 5.41) is -0.671. The standard InChI is InChI=1S/C42H31N5/c1-26-24-27(2)39(28(3)25-26)41-43-40(44-42(45-41)47-36-21-11-6-16-31(36)32-17-7-12-22-37(32)47)33-18-8-13-23-38(33)46-34-19-9-4-14-29(34)30-15-5-10-20-35(30)46/h4-25H,1-3H3/i4D,5D,6D,7D,9D,10D,11D,12D,14D,15D,16D,17D,19D,20D,21D,22D. The van der Waals surface area contributed by atoms with Gasteiger partial charge in [0.05, 0.1) is 49.7 Å². The van der Waals surface area contributed by atoms with Crippen molar-refractivity contribution in [1.29, 1.82) is 0 Å². The largest absolute Gasteiger partial charge is 0.309 e. The zero-order chi connectivity index (χ0) is 45.6. The van der Waals surface area contributed by atoms with Crippen molar-refractivity contribution < 1.29 is 21.9 Å². The quantitative estimate of drug-likeness (QED) is 0.196. The Morgan fingerprint density at radius 2 is 0.957 bits per heavy atom. The molecule has 0 aliphatic carbocycles. The Morgan fingerprint density at radius 1 is 0.511 bits per heavy atom. The number of hydrogen-bond donors (Lipinski definition) is 0. The Bertz CT molecular complexity index is 3400. The van der Waals surface area contributed by atoms with Crippen molar-refractivity contribution in [3.8, 4) is 34.4 Å². The molecule has 9 rings (SSSR count). The molecule has 47 heavy (non-hydrogen) atoms. The summed E-state index contributed by atoms with van der Waals surface area (Å²) < 4.78 is 143. The van der Waals surface area contributed by atoms with Crippen LogP contribution in [-0.4, -0.2) is 24.1 Å². The fourth-order valence-corrected chi connectivity index (χ4v) is 6.37. The van der Waals surface area contributed by atoms with Gasteiger partial charge < -0.3 is 4.57 Å². The van der Waals surface area contributed by atoms with Crippen molar-refractivity contribution in [2.75, 3.05) is 0 Å². The number of hydrogen-bond acceptors (Lipinski definition) is 3. The maximum absolute atomic E-state index is 9.12. The van der Waals surface area contributed by atoms with Gasteiger partial charge in [-0.2, -0.15) is 9.97 Å². The fraction of sp³-hybridized carbons (Fsp3) is 0.0714. The van der Waals surface area contributed by atoms with Crippen LogP contribution in [0.2, 0.25) is 0 Å². The molecule has 9 aromatic rings. The van der Waals surface area contributed by atoms with Crippen LogP contribution in [0.25, 0.3) is 78.0 Å². The third-order valence-electron chi connectivity index (χ3n) is 8.18. The molecule has 224 valence electrons. The highest BCUT2D eigenvalue weighted by molar-refractivity contribution is 6.10. The van der Waals surface area contributed by atoms with Crippen molar-refractivity contribution in [2.45, 2.75) is 20.8 Å². The Kier molecular flexibility index (Phi) is 3.46. The summed E-state index contributed by atoms with van der Waals surface area (Å²) in [6.07, 6.45) is 0. The van der Waals surface area contributed by atoms with Gasteiger partial charge in [0, 0.05) is 32.7 Å². The summed E-state index contributed by atoms with van der Waals surface area (Å²) in [5.41, 5.74) is 2.49. The van der Waals surface area contributed by atoms with E-state index in [9.17, 15) is 0 Å². The number of aromatic nitrogens is 5. The van der Waals surface area contributed by atoms with Crippen LogP contribution in [0.1, 0.15) is 38.6 Å². The molecule has 0 radical (unpaired) electrons. The lowest BCUT2D eigenvalue weighted by Crippen LogP contribution is -2.08. The monoisotopic (exact) mass is 621 g/mol. The Morgan fingerprint density at radius 3 is 1.49 bits per heavy atom. The smallest absolute Gasteiger partial charge is 0.238 e. The summed E-state index contributed by atoms with van der Waals surface area (Å²) >= 11 is 0. The van der Waals surface area contributed by atoms with E-state index in [1.54, 1.807) is 24.3 Å². The molecule has 5 nitrogen and oxygen atoms in total. The van der Waals surface area contributed by atoms with Gasteiger partial charge in [0.1, 0.15) is 0 Å². The van der Waals surface area contributed by atoms with Gasteiger partial charge in [-0.15, -0.1) is 0 Å². The number of fused-ring (bicyclic) bond motifs is 6. The topological polar surface area (TPSA) is 48.5 Å². The minimum atomic E-state index is -0.641. The first-order chi connectivity index (χ1) is 29.7. The second-order valence-corrected chi connectivity index (χ2v) is 11.1. The predicted octanol–water partition coefficient (Wildman–Crippen LogP) is 10.3. The van der Waals surface area contributed by atoms with Gasteiger partial charge in [-0.3, -0.25) is 4.57 Å². The summed E-state index contributed by atoms with van der Waals surface area (Å²) in [7, 11) is 0. The summed E-state index contributed by atoms with van der Waals surface area (Å²) in [5.74, 6) is -0.355. The van der Waals surface area contributed by atoms with Gasteiger partial charge in [-0.05, 0) is 68.2 Å². The van der Waals surface area contributed by atoms with Crippen molar-refractivity contribution >= 4 is 43.6 Å². The fourth-order valence-electron chi connectivity index (χ4n) is 6.37. The van der Waals surface area contributed by atoms with Gasteiger partial charge in [-0.1, -0.05) is 102 Å². The summed E-state index contributed by atoms with van der Waals surface area (Å²) in [6, 6.07) is 0.921. The van der Waals surface area contributed by atoms with E-state index in [0.29, 0.717) is 5.56 Å². The molecule has 0 aliphatic heterocycles. The SMILES string of the molecule is [2H]c1c([2H])c([2H])c2c(c1[2H])c1c([2H])c([2H])c([2H])c([2H])c1n2-c1nc(-c2ccccc2-n2c3c([2H])c([2H])c([2H])c([2H])c3c3c([2H])c([2H])c([2H])c([2H])c32)nc(-c2c(C)cc(C)cc2C)n1. The van der Waals surface area contributed by atoms with Crippen LogP contribution in [0.5, 0.6) is 0 Å². The Labute approximate surface area is 294 Å². The van der Waals surface area contributed by atoms with Crippen LogP contribution >= 0.6 is 0 Å². The lowest BCUT2D eigenvalue weighted by atomic mass is 9.99. The maximum atomic E-state index is 9.12. The zero-order valence-corrected chi connectivity index (χ0v) is 25.2. The summed E-state index contributed by atoms with van der Waals surface area (Å²) in [6.45, 7) is 5.61. The van der Waals surface area contributed by atoms with Crippen molar-refractivity contribution in [2.24, 2.45) is 0 Å². The van der Waals surface area contributed by atoms with Crippen LogP contribution in [-0.2, 0) is 0 Å². The molecule has 0 saturated heterocycles. The first-order valence-corrected chi connectivity index (χ1v) is 14.7. The molecule has 0 saturated carbocycles. The van der Waals surface area contributed by atoms with Gasteiger partial charge in [0.15, 0.2) is 11.6 Å². The third kappa shape index (κ3) is 4.20. The lowest BCUT2D eigenvalue weighted by molar-refractivity contribution is 0.949. The van der Waals surface area contributed by atoms with E-state index in [1.165, 1.54) is 9.13 Å². The molecular formula is C42H31N5. The van der Waals surface area contributed by atoms with E-state index >= 15 is 0 Å². The van der Waals surface area contributed by atoms with Crippen molar-refractivity contribution in [3.05, 3.63) is 150 Å². The number of nitrogens with zero attached hydrogens (tertiary/aromatic N) is 5. The van der Waals surface area contributed by atoms with Crippen molar-refractivity contribution in [3.63, 3.8) is 0 Å². The second kappa shape index (κ2) is 10.5. The average Bonchev–Trinajstić information content (AvgIpc) is 3.81. The molecule has 3 heterocycles. The molecular weight excluding hydrogens is 574 g/mol. The molecule has 3 aromatic heterocycles. The zero-order valence-electron chi connectivity index (χ0n) is 41.2. The van der Waals surface area contributed by atoms with Gasteiger partial charge in [-0.25, -0.2) is 4.98 Å². The van der Waals surface area contributed by atoms with E-state index in [4.69, 9.17) is 36.9 Å². The lowest BCUT2D eigenvalue weighted by Gasteiger charge is -2.16. The van der Waals surface area contributed by atoms with Crippen LogP contribution in [0.3, 0.4) is 0 Å². The molecule has 0 atom stereocenters. The van der Waals surface area contributed by atoms with Gasteiger partial charge in [0.25, 0.3) is 0 Å². The minimum absolute atomic E-state index is 0.0579. The average molecular weight is 622 g/mol. The molecule has 5 heteroatoms. The third-order valence-corrected chi connectivity index (χ3v) is 8.18. The number of para-hydroxylation sites is 5. The van der Waals surface area contributed by atoms with E-state index in [2.05, 4.69) is 0 Å². The van der Waals surface area contributed by atoms with Crippen LogP contribution in [0.15, 0.2) is 133 Å². The first kappa shape index (κ1) is 15.5. The first-order valence-electron chi connectivity index (χ1n) is 22.7. The molecule has 0 bridgehead atoms. The Balaban J connectivity index is 1.50. The van der Waals surface area contributed by atoms with E-state index in [-0.39, 0.29) is 72.5 Å². The highest BCUT2D eigenvalue weighted by Gasteiger charge is 2.22. The number of rotatable bonds is 4. The number of benzene rings is 6. The molecule has 0 N–H and O–H groups in total. The van der Waals surface area contributed by atoms with Crippen LogP contribution in [0, 0.1) is 20.8 Å². The molecule has 0 fully saturated rings. The van der Waals surface area contributed by atoms with Crippen LogP contribution in [0.4, 0.5) is 0 Å². The molecule has 6 aromatic carbocycles. The molecule has 0 spiro atoms. The predicted molar refractivity (Wildman–Crippen MR) is 194 cm³/mol. The van der Waals surface area contributed by atoms with Gasteiger partial charge in [0.2, 0.25) is 5.95 Å². The minimum Gasteiger partial charge on any atom is -0.309 e.